The van der Waals surface area contributed by atoms with Crippen LogP contribution in [0.3, 0.4) is 0 Å². The number of β-amino-alcohol motifs (C(OH)–C–C–N with tert-alkyl or cyclic N) is 1. The number of nitrogens with zero attached hydrogens (tertiary/aromatic N) is 1. The quantitative estimate of drug-likeness (QED) is 0.873. The number of methoxy groups -OCH3 is 1. The van der Waals surface area contributed by atoms with Crippen molar-refractivity contribution < 1.29 is 14.6 Å². The topological polar surface area (TPSA) is 49.8 Å². The molecule has 1 aliphatic rings. The molecule has 1 heterocycles. The van der Waals surface area contributed by atoms with E-state index in [9.17, 15) is 9.90 Å². The third-order valence-electron chi connectivity index (χ3n) is 2.84. The van der Waals surface area contributed by atoms with Gasteiger partial charge < -0.3 is 14.7 Å². The molecular weight excluding hydrogens is 242 g/mol. The van der Waals surface area contributed by atoms with E-state index in [0.717, 1.165) is 0 Å². The van der Waals surface area contributed by atoms with Crippen molar-refractivity contribution in [2.75, 3.05) is 20.2 Å². The lowest BCUT2D eigenvalue weighted by Crippen LogP contribution is -2.29. The van der Waals surface area contributed by atoms with E-state index < -0.39 is 6.10 Å². The molecule has 2 rings (SSSR count). The Balaban J connectivity index is 2.26. The van der Waals surface area contributed by atoms with Gasteiger partial charge in [0.1, 0.15) is 5.75 Å². The molecule has 1 atom stereocenters. The predicted molar refractivity (Wildman–Crippen MR) is 64.5 cm³/mol. The Kier molecular flexibility index (Phi) is 3.54. The maximum absolute atomic E-state index is 12.2. The smallest absolute Gasteiger partial charge is 0.257 e. The molecule has 1 amide bonds. The Morgan fingerprint density at radius 1 is 1.59 bits per heavy atom. The van der Waals surface area contributed by atoms with Gasteiger partial charge in [0, 0.05) is 18.1 Å². The van der Waals surface area contributed by atoms with Gasteiger partial charge in [0.25, 0.3) is 5.91 Å². The third-order valence-corrected chi connectivity index (χ3v) is 3.08. The number of ether oxygens (including phenoxy) is 1. The van der Waals surface area contributed by atoms with E-state index in [1.807, 2.05) is 0 Å². The molecule has 0 aliphatic carbocycles. The summed E-state index contributed by atoms with van der Waals surface area (Å²) >= 11 is 5.88. The molecule has 1 aromatic carbocycles. The maximum Gasteiger partial charge on any atom is 0.257 e. The predicted octanol–water partition coefficient (Wildman–Crippen LogP) is 1.56. The van der Waals surface area contributed by atoms with Crippen LogP contribution in [0.25, 0.3) is 0 Å². The van der Waals surface area contributed by atoms with Crippen LogP contribution in [-0.2, 0) is 0 Å². The molecule has 0 spiro atoms. The summed E-state index contributed by atoms with van der Waals surface area (Å²) in [7, 11) is 1.51. The van der Waals surface area contributed by atoms with Crippen LogP contribution in [0, 0.1) is 0 Å². The summed E-state index contributed by atoms with van der Waals surface area (Å²) in [6.07, 6.45) is 0.193. The van der Waals surface area contributed by atoms with Gasteiger partial charge in [-0.3, -0.25) is 4.79 Å². The second-order valence-corrected chi connectivity index (χ2v) is 4.47. The van der Waals surface area contributed by atoms with Crippen LogP contribution in [-0.4, -0.2) is 42.2 Å². The molecule has 0 bridgehead atoms. The molecule has 1 N–H and O–H groups in total. The molecule has 1 aromatic rings. The Morgan fingerprint density at radius 3 is 2.94 bits per heavy atom. The molecular formula is C12H14ClNO3. The van der Waals surface area contributed by atoms with Crippen LogP contribution in [0.2, 0.25) is 5.02 Å². The highest BCUT2D eigenvalue weighted by Gasteiger charge is 2.27. The molecule has 0 saturated carbocycles. The first-order valence-electron chi connectivity index (χ1n) is 5.42. The number of likely N-dealkylation sites (tertiary alicyclic amines) is 1. The van der Waals surface area contributed by atoms with Gasteiger partial charge in [0.05, 0.1) is 18.8 Å². The lowest BCUT2D eigenvalue weighted by atomic mass is 10.1. The number of halogens is 1. The number of benzene rings is 1. The lowest BCUT2D eigenvalue weighted by molar-refractivity contribution is 0.0761. The number of aliphatic hydroxyl groups is 1. The largest absolute Gasteiger partial charge is 0.496 e. The fourth-order valence-corrected chi connectivity index (χ4v) is 2.12. The van der Waals surface area contributed by atoms with E-state index >= 15 is 0 Å². The average Bonchev–Trinajstić information content (AvgIpc) is 2.75. The van der Waals surface area contributed by atoms with Gasteiger partial charge in [0.2, 0.25) is 0 Å². The van der Waals surface area contributed by atoms with Crippen molar-refractivity contribution in [2.45, 2.75) is 12.5 Å². The van der Waals surface area contributed by atoms with Crippen LogP contribution < -0.4 is 4.74 Å². The van der Waals surface area contributed by atoms with Crippen LogP contribution in [0.5, 0.6) is 5.75 Å². The van der Waals surface area contributed by atoms with E-state index in [1.165, 1.54) is 7.11 Å². The van der Waals surface area contributed by atoms with E-state index in [0.29, 0.717) is 35.8 Å². The summed E-state index contributed by atoms with van der Waals surface area (Å²) < 4.78 is 5.14. The summed E-state index contributed by atoms with van der Waals surface area (Å²) in [4.78, 5) is 13.8. The van der Waals surface area contributed by atoms with Crippen molar-refractivity contribution >= 4 is 17.5 Å². The Bertz CT molecular complexity index is 436. The van der Waals surface area contributed by atoms with Gasteiger partial charge >= 0.3 is 0 Å². The summed E-state index contributed by atoms with van der Waals surface area (Å²) in [6.45, 7) is 0.935. The van der Waals surface area contributed by atoms with Crippen LogP contribution in [0.15, 0.2) is 18.2 Å². The lowest BCUT2D eigenvalue weighted by Gasteiger charge is -2.17. The number of amides is 1. The minimum absolute atomic E-state index is 0.152. The molecule has 17 heavy (non-hydrogen) atoms. The molecule has 0 aromatic heterocycles. The Labute approximate surface area is 105 Å². The zero-order chi connectivity index (χ0) is 12.4. The highest BCUT2D eigenvalue weighted by Crippen LogP contribution is 2.25. The first-order valence-corrected chi connectivity index (χ1v) is 5.80. The van der Waals surface area contributed by atoms with Crippen molar-refractivity contribution in [3.05, 3.63) is 28.8 Å². The number of carbonyl (C=O) groups is 1. The average molecular weight is 256 g/mol. The third kappa shape index (κ3) is 2.53. The van der Waals surface area contributed by atoms with Gasteiger partial charge in [-0.05, 0) is 24.6 Å². The molecule has 92 valence electrons. The second kappa shape index (κ2) is 4.94. The normalized spacial score (nSPS) is 19.5. The zero-order valence-corrected chi connectivity index (χ0v) is 10.3. The zero-order valence-electron chi connectivity index (χ0n) is 9.52. The number of aliphatic hydroxyl groups excluding tert-OH is 1. The number of hydrogen-bond donors (Lipinski definition) is 1. The second-order valence-electron chi connectivity index (χ2n) is 4.04. The first-order chi connectivity index (χ1) is 8.11. The van der Waals surface area contributed by atoms with Gasteiger partial charge in [-0.1, -0.05) is 11.6 Å². The van der Waals surface area contributed by atoms with Gasteiger partial charge in [0.15, 0.2) is 0 Å². The highest BCUT2D eigenvalue weighted by molar-refractivity contribution is 6.31. The summed E-state index contributed by atoms with van der Waals surface area (Å²) in [6, 6.07) is 4.94. The SMILES string of the molecule is COc1ccc(Cl)cc1C(=O)N1CCC(O)C1. The van der Waals surface area contributed by atoms with Crippen LogP contribution >= 0.6 is 11.6 Å². The van der Waals surface area contributed by atoms with Crippen LogP contribution in [0.1, 0.15) is 16.8 Å². The Morgan fingerprint density at radius 2 is 2.35 bits per heavy atom. The van der Waals surface area contributed by atoms with Gasteiger partial charge in [-0.15, -0.1) is 0 Å². The van der Waals surface area contributed by atoms with E-state index in [4.69, 9.17) is 16.3 Å². The van der Waals surface area contributed by atoms with Crippen molar-refractivity contribution in [3.63, 3.8) is 0 Å². The molecule has 5 heteroatoms. The first kappa shape index (κ1) is 12.2. The molecule has 1 unspecified atom stereocenters. The van der Waals surface area contributed by atoms with Crippen molar-refractivity contribution in [1.29, 1.82) is 0 Å². The number of rotatable bonds is 2. The van der Waals surface area contributed by atoms with E-state index in [1.54, 1.807) is 23.1 Å². The van der Waals surface area contributed by atoms with Crippen molar-refractivity contribution in [3.8, 4) is 5.75 Å². The molecule has 0 radical (unpaired) electrons. The summed E-state index contributed by atoms with van der Waals surface area (Å²) in [5.74, 6) is 0.349. The minimum atomic E-state index is -0.427. The maximum atomic E-state index is 12.2. The molecule has 4 nitrogen and oxygen atoms in total. The summed E-state index contributed by atoms with van der Waals surface area (Å²) in [5.41, 5.74) is 0.439. The van der Waals surface area contributed by atoms with Gasteiger partial charge in [-0.25, -0.2) is 0 Å². The minimum Gasteiger partial charge on any atom is -0.496 e. The standard InChI is InChI=1S/C12H14ClNO3/c1-17-11-3-2-8(13)6-10(11)12(16)14-5-4-9(15)7-14/h2-3,6,9,15H,4-5,7H2,1H3. The molecule has 1 aliphatic heterocycles. The van der Waals surface area contributed by atoms with Crippen molar-refractivity contribution in [1.82, 2.24) is 4.90 Å². The van der Waals surface area contributed by atoms with Crippen molar-refractivity contribution in [2.24, 2.45) is 0 Å². The number of hydrogen-bond acceptors (Lipinski definition) is 3. The molecule has 1 saturated heterocycles. The number of carbonyl (C=O) groups excluding carboxylic acids is 1. The molecule has 1 fully saturated rings. The van der Waals surface area contributed by atoms with E-state index in [2.05, 4.69) is 0 Å². The Hall–Kier alpha value is -1.26. The fourth-order valence-electron chi connectivity index (χ4n) is 1.94. The summed E-state index contributed by atoms with van der Waals surface area (Å²) in [5, 5.41) is 9.92. The van der Waals surface area contributed by atoms with E-state index in [-0.39, 0.29) is 5.91 Å². The monoisotopic (exact) mass is 255 g/mol. The fraction of sp³-hybridized carbons (Fsp3) is 0.417. The van der Waals surface area contributed by atoms with Crippen LogP contribution in [0.4, 0.5) is 0 Å². The highest BCUT2D eigenvalue weighted by atomic mass is 35.5. The van der Waals surface area contributed by atoms with Gasteiger partial charge in [-0.2, -0.15) is 0 Å².